The fourth-order valence-electron chi connectivity index (χ4n) is 0. The van der Waals surface area contributed by atoms with Gasteiger partial charge in [-0.3, -0.25) is 0 Å². The molecule has 0 spiro atoms. The molecule has 0 aliphatic rings. The minimum Gasteiger partial charge on any atom is -1.00 e. The molecule has 0 rings (SSSR count). The Morgan fingerprint density at radius 1 is 1.29 bits per heavy atom. The van der Waals surface area contributed by atoms with Crippen LogP contribution in [0.4, 0.5) is 0 Å². The Hall–Kier alpha value is 1.72. The monoisotopic (exact) mass is 174 g/mol. The van der Waals surface area contributed by atoms with Gasteiger partial charge in [0.25, 0.3) is 0 Å². The zero-order valence-corrected chi connectivity index (χ0v) is 7.51. The average molecular weight is 174 g/mol. The van der Waals surface area contributed by atoms with Crippen LogP contribution in [-0.2, 0) is 4.57 Å². The second kappa shape index (κ2) is 5.85. The van der Waals surface area contributed by atoms with Crippen molar-refractivity contribution >= 4 is 59.1 Å². The van der Waals surface area contributed by atoms with Crippen LogP contribution in [0, 0.1) is 0 Å². The molecule has 0 aliphatic carbocycles. The van der Waals surface area contributed by atoms with Gasteiger partial charge in [-0.1, -0.05) is 0 Å². The SMILES string of the molecule is O=P(O)(O)O.S.[Ca+2].[H-].[H-]. The molecular weight excluding hydrogens is 167 g/mol. The van der Waals surface area contributed by atoms with E-state index in [9.17, 15) is 0 Å². The summed E-state index contributed by atoms with van der Waals surface area (Å²) in [5, 5.41) is 0. The first-order valence-corrected chi connectivity index (χ1v) is 2.35. The molecule has 0 bridgehead atoms. The van der Waals surface area contributed by atoms with Crippen LogP contribution in [0.15, 0.2) is 0 Å². The average Bonchev–Trinajstić information content (AvgIpc) is 0.722. The number of phosphoric acid groups is 1. The molecule has 3 N–H and O–H groups in total. The van der Waals surface area contributed by atoms with Crippen LogP contribution in [0.2, 0.25) is 0 Å². The third kappa shape index (κ3) is 85.4. The molecule has 0 fully saturated rings. The van der Waals surface area contributed by atoms with Gasteiger partial charge in [-0.2, -0.15) is 13.5 Å². The van der Waals surface area contributed by atoms with Gasteiger partial charge in [0.15, 0.2) is 0 Å². The van der Waals surface area contributed by atoms with Crippen LogP contribution in [0.5, 0.6) is 0 Å². The van der Waals surface area contributed by atoms with E-state index in [4.69, 9.17) is 19.2 Å². The van der Waals surface area contributed by atoms with Gasteiger partial charge in [0.1, 0.15) is 0 Å². The Bertz CT molecular complexity index is 64.7. The molecule has 4 nitrogen and oxygen atoms in total. The van der Waals surface area contributed by atoms with Gasteiger partial charge in [-0.25, -0.2) is 4.57 Å². The normalized spacial score (nSPS) is 8.43. The summed E-state index contributed by atoms with van der Waals surface area (Å²) in [6.45, 7) is 0. The van der Waals surface area contributed by atoms with Crippen LogP contribution < -0.4 is 0 Å². The van der Waals surface area contributed by atoms with E-state index in [2.05, 4.69) is 0 Å². The quantitative estimate of drug-likeness (QED) is 0.326. The van der Waals surface area contributed by atoms with E-state index in [0.717, 1.165) is 0 Å². The first kappa shape index (κ1) is 15.9. The van der Waals surface area contributed by atoms with E-state index in [-0.39, 0.29) is 54.1 Å². The molecule has 0 heterocycles. The largest absolute Gasteiger partial charge is 2.00 e. The fraction of sp³-hybridized carbons (Fsp3) is 0. The van der Waals surface area contributed by atoms with E-state index in [0.29, 0.717) is 0 Å². The van der Waals surface area contributed by atoms with Crippen molar-refractivity contribution in [1.29, 1.82) is 0 Å². The van der Waals surface area contributed by atoms with E-state index in [1.165, 1.54) is 0 Å². The van der Waals surface area contributed by atoms with Crippen LogP contribution in [-0.4, -0.2) is 52.4 Å². The third-order valence-electron chi connectivity index (χ3n) is 0. The second-order valence-corrected chi connectivity index (χ2v) is 1.54. The third-order valence-corrected chi connectivity index (χ3v) is 0. The van der Waals surface area contributed by atoms with Crippen molar-refractivity contribution < 1.29 is 22.1 Å². The molecule has 0 aromatic heterocycles. The first-order valence-electron chi connectivity index (χ1n) is 0.783. The number of rotatable bonds is 0. The van der Waals surface area contributed by atoms with Crippen molar-refractivity contribution in [3.05, 3.63) is 0 Å². The maximum absolute atomic E-state index is 8.88. The molecule has 0 aromatic rings. The molecule has 44 valence electrons. The predicted molar refractivity (Wildman–Crippen MR) is 32.6 cm³/mol. The zero-order valence-electron chi connectivity index (χ0n) is 5.40. The number of hydrogen-bond acceptors (Lipinski definition) is 1. The minimum atomic E-state index is -4.64. The Morgan fingerprint density at radius 3 is 1.29 bits per heavy atom. The second-order valence-electron chi connectivity index (χ2n) is 0.513. The maximum atomic E-state index is 8.88. The minimum absolute atomic E-state index is 0. The molecule has 0 aliphatic heterocycles. The summed E-state index contributed by atoms with van der Waals surface area (Å²) < 4.78 is 8.88. The van der Waals surface area contributed by atoms with Crippen LogP contribution in [0.1, 0.15) is 2.85 Å². The van der Waals surface area contributed by atoms with Gasteiger partial charge >= 0.3 is 45.6 Å². The van der Waals surface area contributed by atoms with E-state index < -0.39 is 7.82 Å². The van der Waals surface area contributed by atoms with Gasteiger partial charge in [0.2, 0.25) is 0 Å². The van der Waals surface area contributed by atoms with Crippen LogP contribution in [0.3, 0.4) is 0 Å². The Labute approximate surface area is 80.6 Å². The van der Waals surface area contributed by atoms with Crippen molar-refractivity contribution in [3.8, 4) is 0 Å². The Morgan fingerprint density at radius 2 is 1.29 bits per heavy atom. The van der Waals surface area contributed by atoms with Gasteiger partial charge in [0, 0.05) is 0 Å². The van der Waals surface area contributed by atoms with Crippen molar-refractivity contribution in [3.63, 3.8) is 0 Å². The topological polar surface area (TPSA) is 77.8 Å². The summed E-state index contributed by atoms with van der Waals surface area (Å²) in [7, 11) is -4.64. The molecule has 0 saturated heterocycles. The van der Waals surface area contributed by atoms with Crippen molar-refractivity contribution in [2.75, 3.05) is 0 Å². The summed E-state index contributed by atoms with van der Waals surface area (Å²) >= 11 is 0. The van der Waals surface area contributed by atoms with E-state index in [1.807, 2.05) is 0 Å². The van der Waals surface area contributed by atoms with Crippen LogP contribution >= 0.6 is 21.3 Å². The van der Waals surface area contributed by atoms with Gasteiger partial charge in [-0.05, 0) is 0 Å². The van der Waals surface area contributed by atoms with Crippen LogP contribution in [0.25, 0.3) is 0 Å². The molecule has 0 amide bonds. The maximum Gasteiger partial charge on any atom is 2.00 e. The van der Waals surface area contributed by atoms with Crippen molar-refractivity contribution in [2.24, 2.45) is 0 Å². The molecular formula is H7CaO4PS. The standard InChI is InChI=1S/Ca.H3O4P.H2S.2H/c;1-5(2,3)4;;;/h;(H3,1,2,3,4);1H2;;/q+2;;;2*-1. The van der Waals surface area contributed by atoms with Gasteiger partial charge < -0.3 is 17.5 Å². The number of hydrogen-bond donors (Lipinski definition) is 3. The van der Waals surface area contributed by atoms with Gasteiger partial charge in [-0.15, -0.1) is 0 Å². The van der Waals surface area contributed by atoms with Gasteiger partial charge in [0.05, 0.1) is 0 Å². The zero-order chi connectivity index (χ0) is 4.50. The van der Waals surface area contributed by atoms with Crippen molar-refractivity contribution in [2.45, 2.75) is 0 Å². The van der Waals surface area contributed by atoms with E-state index in [1.54, 1.807) is 0 Å². The Balaban J connectivity index is -0.0000000133. The molecule has 0 radical (unpaired) electrons. The van der Waals surface area contributed by atoms with E-state index >= 15 is 0 Å². The van der Waals surface area contributed by atoms with Crippen molar-refractivity contribution in [1.82, 2.24) is 0 Å². The molecule has 0 unspecified atom stereocenters. The summed E-state index contributed by atoms with van der Waals surface area (Å²) in [5.41, 5.74) is 0. The summed E-state index contributed by atoms with van der Waals surface area (Å²) in [6, 6.07) is 0. The molecule has 7 heteroatoms. The fourth-order valence-corrected chi connectivity index (χ4v) is 0. The predicted octanol–water partition coefficient (Wildman–Crippen LogP) is -0.972. The molecule has 0 saturated carbocycles. The summed E-state index contributed by atoms with van der Waals surface area (Å²) in [4.78, 5) is 21.6. The molecule has 0 aromatic carbocycles. The summed E-state index contributed by atoms with van der Waals surface area (Å²) in [5.74, 6) is 0. The summed E-state index contributed by atoms with van der Waals surface area (Å²) in [6.07, 6.45) is 0. The smallest absolute Gasteiger partial charge is 1.00 e. The molecule has 0 atom stereocenters. The Kier molecular flexibility index (Phi) is 13.3. The first-order chi connectivity index (χ1) is 2.00. The molecule has 7 heavy (non-hydrogen) atoms.